The summed E-state index contributed by atoms with van der Waals surface area (Å²) >= 11 is 0. The van der Waals surface area contributed by atoms with Crippen LogP contribution >= 0.6 is 0 Å². The van der Waals surface area contributed by atoms with Gasteiger partial charge in [0.05, 0.1) is 16.2 Å². The number of nitrogens with zero attached hydrogens (tertiary/aromatic N) is 2. The van der Waals surface area contributed by atoms with E-state index in [-0.39, 0.29) is 29.4 Å². The van der Waals surface area contributed by atoms with Crippen LogP contribution in [0.2, 0.25) is 0 Å². The molecule has 21 heavy (non-hydrogen) atoms. The number of carbonyl (C=O) groups excluding carboxylic acids is 1. The number of aromatic nitrogens is 1. The minimum atomic E-state index is -0.574. The van der Waals surface area contributed by atoms with Gasteiger partial charge in [-0.05, 0) is 32.9 Å². The fourth-order valence-corrected chi connectivity index (χ4v) is 1.86. The van der Waals surface area contributed by atoms with E-state index < -0.39 is 4.92 Å². The van der Waals surface area contributed by atoms with Crippen molar-refractivity contribution < 1.29 is 19.0 Å². The zero-order valence-corrected chi connectivity index (χ0v) is 11.9. The highest BCUT2D eigenvalue weighted by molar-refractivity contribution is 5.95. The van der Waals surface area contributed by atoms with Gasteiger partial charge in [0, 0.05) is 11.6 Å². The SMILES string of the molecule is CC(=O)c1ccc(OCc2c(C)noc2C)c([N+](=O)[O-])c1. The van der Waals surface area contributed by atoms with Gasteiger partial charge in [0.25, 0.3) is 0 Å². The number of ketones is 1. The second-order valence-electron chi connectivity index (χ2n) is 4.59. The minimum absolute atomic E-state index is 0.102. The third-order valence-corrected chi connectivity index (χ3v) is 3.12. The van der Waals surface area contributed by atoms with Crippen LogP contribution in [0.5, 0.6) is 5.75 Å². The molecule has 2 rings (SSSR count). The maximum atomic E-state index is 11.3. The molecule has 7 heteroatoms. The van der Waals surface area contributed by atoms with Crippen molar-refractivity contribution in [3.8, 4) is 5.75 Å². The number of hydrogen-bond acceptors (Lipinski definition) is 6. The van der Waals surface area contributed by atoms with Crippen molar-refractivity contribution >= 4 is 11.5 Å². The Balaban J connectivity index is 2.28. The quantitative estimate of drug-likeness (QED) is 0.477. The van der Waals surface area contributed by atoms with E-state index in [1.54, 1.807) is 13.8 Å². The van der Waals surface area contributed by atoms with E-state index >= 15 is 0 Å². The predicted octanol–water partition coefficient (Wildman–Crippen LogP) is 2.98. The summed E-state index contributed by atoms with van der Waals surface area (Å²) in [6, 6.07) is 4.13. The van der Waals surface area contributed by atoms with Crippen LogP contribution in [0, 0.1) is 24.0 Å². The van der Waals surface area contributed by atoms with E-state index in [0.717, 1.165) is 5.56 Å². The summed E-state index contributed by atoms with van der Waals surface area (Å²) in [7, 11) is 0. The first kappa shape index (κ1) is 14.7. The van der Waals surface area contributed by atoms with Crippen molar-refractivity contribution in [2.75, 3.05) is 0 Å². The van der Waals surface area contributed by atoms with Gasteiger partial charge in [-0.25, -0.2) is 0 Å². The number of rotatable bonds is 5. The van der Waals surface area contributed by atoms with Gasteiger partial charge in [-0.15, -0.1) is 0 Å². The maximum absolute atomic E-state index is 11.3. The maximum Gasteiger partial charge on any atom is 0.311 e. The first-order valence-electron chi connectivity index (χ1n) is 6.24. The van der Waals surface area contributed by atoms with E-state index in [0.29, 0.717) is 11.5 Å². The lowest BCUT2D eigenvalue weighted by atomic mass is 10.1. The van der Waals surface area contributed by atoms with Crippen LogP contribution in [-0.2, 0) is 6.61 Å². The second kappa shape index (κ2) is 5.74. The Morgan fingerprint density at radius 1 is 1.43 bits per heavy atom. The molecular weight excluding hydrogens is 276 g/mol. The van der Waals surface area contributed by atoms with Crippen LogP contribution < -0.4 is 4.74 Å². The Bertz CT molecular complexity index is 686. The molecule has 0 radical (unpaired) electrons. The zero-order chi connectivity index (χ0) is 15.6. The van der Waals surface area contributed by atoms with Gasteiger partial charge < -0.3 is 9.26 Å². The largest absolute Gasteiger partial charge is 0.482 e. The molecule has 0 unspecified atom stereocenters. The van der Waals surface area contributed by atoms with Crippen LogP contribution in [0.1, 0.15) is 34.3 Å². The number of ether oxygens (including phenoxy) is 1. The molecule has 0 aliphatic carbocycles. The number of benzene rings is 1. The first-order chi connectivity index (χ1) is 9.90. The van der Waals surface area contributed by atoms with E-state index in [4.69, 9.17) is 9.26 Å². The summed E-state index contributed by atoms with van der Waals surface area (Å²) in [5.74, 6) is 0.468. The Morgan fingerprint density at radius 3 is 2.67 bits per heavy atom. The van der Waals surface area contributed by atoms with E-state index in [2.05, 4.69) is 5.16 Å². The minimum Gasteiger partial charge on any atom is -0.482 e. The van der Waals surface area contributed by atoms with Gasteiger partial charge in [-0.2, -0.15) is 0 Å². The molecule has 110 valence electrons. The van der Waals surface area contributed by atoms with Crippen molar-refractivity contribution in [2.45, 2.75) is 27.4 Å². The van der Waals surface area contributed by atoms with Crippen molar-refractivity contribution in [1.29, 1.82) is 0 Å². The number of hydrogen-bond donors (Lipinski definition) is 0. The van der Waals surface area contributed by atoms with Crippen molar-refractivity contribution in [3.63, 3.8) is 0 Å². The summed E-state index contributed by atoms with van der Waals surface area (Å²) in [6.07, 6.45) is 0. The third-order valence-electron chi connectivity index (χ3n) is 3.12. The molecule has 0 bridgehead atoms. The Kier molecular flexibility index (Phi) is 4.02. The average Bonchev–Trinajstić information content (AvgIpc) is 2.75. The molecule has 1 aromatic carbocycles. The van der Waals surface area contributed by atoms with Gasteiger partial charge in [0.15, 0.2) is 11.5 Å². The van der Waals surface area contributed by atoms with Gasteiger partial charge in [0.1, 0.15) is 12.4 Å². The van der Waals surface area contributed by atoms with Gasteiger partial charge in [-0.1, -0.05) is 5.16 Å². The first-order valence-corrected chi connectivity index (χ1v) is 6.24. The summed E-state index contributed by atoms with van der Waals surface area (Å²) in [5.41, 5.74) is 1.45. The molecule has 2 aromatic rings. The molecule has 7 nitrogen and oxygen atoms in total. The van der Waals surface area contributed by atoms with E-state index in [9.17, 15) is 14.9 Å². The molecule has 1 heterocycles. The predicted molar refractivity (Wildman–Crippen MR) is 73.4 cm³/mol. The van der Waals surface area contributed by atoms with Crippen LogP contribution in [-0.4, -0.2) is 15.9 Å². The molecule has 1 aromatic heterocycles. The smallest absolute Gasteiger partial charge is 0.311 e. The number of aryl methyl sites for hydroxylation is 2. The fourth-order valence-electron chi connectivity index (χ4n) is 1.86. The molecule has 0 fully saturated rings. The van der Waals surface area contributed by atoms with Gasteiger partial charge in [-0.3, -0.25) is 14.9 Å². The monoisotopic (exact) mass is 290 g/mol. The lowest BCUT2D eigenvalue weighted by molar-refractivity contribution is -0.386. The van der Waals surface area contributed by atoms with E-state index in [1.165, 1.54) is 25.1 Å². The van der Waals surface area contributed by atoms with E-state index in [1.807, 2.05) is 0 Å². The summed E-state index contributed by atoms with van der Waals surface area (Å²) < 4.78 is 10.5. The van der Waals surface area contributed by atoms with Crippen LogP contribution in [0.3, 0.4) is 0 Å². The number of Topliss-reactive ketones (excluding diaryl/α,β-unsaturated/α-hetero) is 1. The van der Waals surface area contributed by atoms with Crippen LogP contribution in [0.4, 0.5) is 5.69 Å². The second-order valence-corrected chi connectivity index (χ2v) is 4.59. The third kappa shape index (κ3) is 3.07. The molecule has 0 amide bonds. The lowest BCUT2D eigenvalue weighted by Gasteiger charge is -2.07. The Hall–Kier alpha value is -2.70. The normalized spacial score (nSPS) is 10.4. The standard InChI is InChI=1S/C14H14N2O5/c1-8-12(10(3)21-15-8)7-20-14-5-4-11(9(2)17)6-13(14)16(18)19/h4-6H,7H2,1-3H3. The molecule has 0 spiro atoms. The summed E-state index contributed by atoms with van der Waals surface area (Å²) in [4.78, 5) is 21.8. The van der Waals surface area contributed by atoms with Gasteiger partial charge in [0.2, 0.25) is 0 Å². The highest BCUT2D eigenvalue weighted by Gasteiger charge is 2.19. The summed E-state index contributed by atoms with van der Waals surface area (Å²) in [5, 5.41) is 14.9. The Morgan fingerprint density at radius 2 is 2.14 bits per heavy atom. The Labute approximate surface area is 120 Å². The highest BCUT2D eigenvalue weighted by Crippen LogP contribution is 2.29. The highest BCUT2D eigenvalue weighted by atomic mass is 16.6. The molecule has 0 aliphatic rings. The average molecular weight is 290 g/mol. The van der Waals surface area contributed by atoms with Crippen molar-refractivity contribution in [3.05, 3.63) is 50.9 Å². The molecule has 0 N–H and O–H groups in total. The van der Waals surface area contributed by atoms with Gasteiger partial charge >= 0.3 is 5.69 Å². The van der Waals surface area contributed by atoms with Crippen LogP contribution in [0.25, 0.3) is 0 Å². The zero-order valence-electron chi connectivity index (χ0n) is 11.9. The summed E-state index contributed by atoms with van der Waals surface area (Å²) in [6.45, 7) is 4.97. The number of nitro groups is 1. The van der Waals surface area contributed by atoms with Crippen molar-refractivity contribution in [2.24, 2.45) is 0 Å². The molecular formula is C14H14N2O5. The topological polar surface area (TPSA) is 95.5 Å². The number of carbonyl (C=O) groups is 1. The van der Waals surface area contributed by atoms with Crippen LogP contribution in [0.15, 0.2) is 22.7 Å². The lowest BCUT2D eigenvalue weighted by Crippen LogP contribution is -2.02. The fraction of sp³-hybridized carbons (Fsp3) is 0.286. The molecule has 0 saturated heterocycles. The molecule has 0 atom stereocenters. The molecule has 0 aliphatic heterocycles. The molecule has 0 saturated carbocycles. The number of nitro benzene ring substituents is 1. The van der Waals surface area contributed by atoms with Crippen molar-refractivity contribution in [1.82, 2.24) is 5.16 Å².